The van der Waals surface area contributed by atoms with Gasteiger partial charge >= 0.3 is 5.97 Å². The maximum atomic E-state index is 11.6. The average Bonchev–Trinajstić information content (AvgIpc) is 3.01. The molecule has 27 heavy (non-hydrogen) atoms. The number of nitrogens with one attached hydrogen (secondary N) is 1. The summed E-state index contributed by atoms with van der Waals surface area (Å²) >= 11 is 1.05. The summed E-state index contributed by atoms with van der Waals surface area (Å²) < 4.78 is 0. The van der Waals surface area contributed by atoms with E-state index in [0.717, 1.165) is 28.6 Å². The summed E-state index contributed by atoms with van der Waals surface area (Å²) in [5.41, 5.74) is 2.96. The fraction of sp³-hybridized carbons (Fsp3) is 0.111. The number of carbonyl (C=O) groups excluding carboxylic acids is 1. The standard InChI is InChI=1S/C18H13N5O3S/c19-8-12-3-6-14(20-9-12)13-4-1-11(2-5-13)10-21-23-18-22-17(26)15(27-18)7-16(24)25/h1-6,9-10,15H,7H2,(H,24,25)(H,22,23,26). The number of amidine groups is 1. The molecule has 0 radical (unpaired) electrons. The fourth-order valence-electron chi connectivity index (χ4n) is 2.26. The van der Waals surface area contributed by atoms with Crippen molar-refractivity contribution in [3.05, 3.63) is 53.7 Å². The van der Waals surface area contributed by atoms with Crippen LogP contribution < -0.4 is 5.32 Å². The van der Waals surface area contributed by atoms with Gasteiger partial charge in [-0.25, -0.2) is 0 Å². The van der Waals surface area contributed by atoms with E-state index in [2.05, 4.69) is 20.5 Å². The lowest BCUT2D eigenvalue weighted by atomic mass is 10.1. The van der Waals surface area contributed by atoms with Crippen molar-refractivity contribution in [1.29, 1.82) is 5.26 Å². The second kappa shape index (κ2) is 8.25. The number of nitriles is 1. The van der Waals surface area contributed by atoms with E-state index >= 15 is 0 Å². The second-order valence-corrected chi connectivity index (χ2v) is 6.70. The molecule has 1 unspecified atom stereocenters. The van der Waals surface area contributed by atoms with E-state index in [-0.39, 0.29) is 17.5 Å². The molecule has 2 aromatic rings. The number of nitrogens with zero attached hydrogens (tertiary/aromatic N) is 4. The number of pyridine rings is 1. The number of thioether (sulfide) groups is 1. The van der Waals surface area contributed by atoms with Gasteiger partial charge in [-0.3, -0.25) is 14.6 Å². The summed E-state index contributed by atoms with van der Waals surface area (Å²) in [7, 11) is 0. The van der Waals surface area contributed by atoms with Crippen molar-refractivity contribution < 1.29 is 14.7 Å². The van der Waals surface area contributed by atoms with Crippen LogP contribution in [0.4, 0.5) is 0 Å². The molecule has 1 fully saturated rings. The normalized spacial score (nSPS) is 17.8. The number of carboxylic acids is 1. The largest absolute Gasteiger partial charge is 0.481 e. The highest BCUT2D eigenvalue weighted by atomic mass is 32.2. The first kappa shape index (κ1) is 18.3. The minimum Gasteiger partial charge on any atom is -0.481 e. The maximum absolute atomic E-state index is 11.6. The molecule has 9 heteroatoms. The molecule has 0 saturated carbocycles. The maximum Gasteiger partial charge on any atom is 0.305 e. The number of aromatic nitrogens is 1. The Balaban J connectivity index is 1.63. The van der Waals surface area contributed by atoms with E-state index in [4.69, 9.17) is 10.4 Å². The van der Waals surface area contributed by atoms with Crippen molar-refractivity contribution in [2.45, 2.75) is 11.7 Å². The lowest BCUT2D eigenvalue weighted by molar-refractivity contribution is -0.138. The lowest BCUT2D eigenvalue weighted by Crippen LogP contribution is -2.26. The van der Waals surface area contributed by atoms with E-state index in [9.17, 15) is 9.59 Å². The Morgan fingerprint density at radius 3 is 2.74 bits per heavy atom. The van der Waals surface area contributed by atoms with Crippen LogP contribution in [0.25, 0.3) is 11.3 Å². The third-order valence-electron chi connectivity index (χ3n) is 3.59. The van der Waals surface area contributed by atoms with Crippen LogP contribution in [0.5, 0.6) is 0 Å². The van der Waals surface area contributed by atoms with Crippen LogP contribution >= 0.6 is 11.8 Å². The van der Waals surface area contributed by atoms with Gasteiger partial charge in [-0.1, -0.05) is 36.0 Å². The molecule has 1 aromatic heterocycles. The Hall–Kier alpha value is -3.51. The van der Waals surface area contributed by atoms with Gasteiger partial charge in [-0.2, -0.15) is 10.4 Å². The molecule has 1 aliphatic rings. The summed E-state index contributed by atoms with van der Waals surface area (Å²) in [6.07, 6.45) is 2.79. The third-order valence-corrected chi connectivity index (χ3v) is 4.66. The summed E-state index contributed by atoms with van der Waals surface area (Å²) in [6, 6.07) is 12.9. The second-order valence-electron chi connectivity index (χ2n) is 5.51. The van der Waals surface area contributed by atoms with Gasteiger partial charge in [-0.15, -0.1) is 5.10 Å². The first-order valence-corrected chi connectivity index (χ1v) is 8.70. The summed E-state index contributed by atoms with van der Waals surface area (Å²) in [5.74, 6) is -1.42. The van der Waals surface area contributed by atoms with Gasteiger partial charge in [0, 0.05) is 11.8 Å². The van der Waals surface area contributed by atoms with Crippen molar-refractivity contribution in [3.63, 3.8) is 0 Å². The quantitative estimate of drug-likeness (QED) is 0.604. The molecule has 1 aromatic carbocycles. The molecule has 0 bridgehead atoms. The summed E-state index contributed by atoms with van der Waals surface area (Å²) in [5, 5.41) is 27.5. The van der Waals surface area contributed by atoms with Gasteiger partial charge < -0.3 is 10.4 Å². The van der Waals surface area contributed by atoms with E-state index in [1.165, 1.54) is 12.4 Å². The molecule has 2 heterocycles. The van der Waals surface area contributed by atoms with Crippen LogP contribution in [-0.4, -0.2) is 38.6 Å². The van der Waals surface area contributed by atoms with Crippen molar-refractivity contribution in [1.82, 2.24) is 10.3 Å². The minimum atomic E-state index is -1.04. The van der Waals surface area contributed by atoms with E-state index in [1.807, 2.05) is 30.3 Å². The molecular formula is C18H13N5O3S. The van der Waals surface area contributed by atoms with Gasteiger partial charge in [-0.05, 0) is 17.7 Å². The molecule has 134 valence electrons. The van der Waals surface area contributed by atoms with Crippen LogP contribution in [-0.2, 0) is 9.59 Å². The summed E-state index contributed by atoms with van der Waals surface area (Å²) in [6.45, 7) is 0. The first-order valence-electron chi connectivity index (χ1n) is 7.82. The van der Waals surface area contributed by atoms with Gasteiger partial charge in [0.2, 0.25) is 5.91 Å². The molecule has 3 rings (SSSR count). The highest BCUT2D eigenvalue weighted by Gasteiger charge is 2.32. The molecule has 0 spiro atoms. The van der Waals surface area contributed by atoms with Gasteiger partial charge in [0.25, 0.3) is 0 Å². The molecule has 1 amide bonds. The predicted octanol–water partition coefficient (Wildman–Crippen LogP) is 2.02. The Kier molecular flexibility index (Phi) is 5.58. The van der Waals surface area contributed by atoms with E-state index < -0.39 is 11.2 Å². The minimum absolute atomic E-state index is 0.260. The topological polar surface area (TPSA) is 128 Å². The Bertz CT molecular complexity index is 962. The number of benzene rings is 1. The van der Waals surface area contributed by atoms with Crippen LogP contribution in [0.1, 0.15) is 17.5 Å². The molecule has 0 aliphatic carbocycles. The number of amides is 1. The molecule has 8 nitrogen and oxygen atoms in total. The van der Waals surface area contributed by atoms with Crippen molar-refractivity contribution >= 4 is 35.0 Å². The number of hydrogen-bond donors (Lipinski definition) is 2. The zero-order valence-electron chi connectivity index (χ0n) is 13.9. The average molecular weight is 379 g/mol. The lowest BCUT2D eigenvalue weighted by Gasteiger charge is -2.01. The van der Waals surface area contributed by atoms with Crippen LogP contribution in [0.15, 0.2) is 52.8 Å². The Morgan fingerprint density at radius 2 is 2.11 bits per heavy atom. The first-order chi connectivity index (χ1) is 13.0. The van der Waals surface area contributed by atoms with Crippen LogP contribution in [0.2, 0.25) is 0 Å². The monoisotopic (exact) mass is 379 g/mol. The Labute approximate surface area is 158 Å². The smallest absolute Gasteiger partial charge is 0.305 e. The highest BCUT2D eigenvalue weighted by molar-refractivity contribution is 8.15. The molecular weight excluding hydrogens is 366 g/mol. The summed E-state index contributed by atoms with van der Waals surface area (Å²) in [4.78, 5) is 26.5. The number of rotatable bonds is 5. The van der Waals surface area contributed by atoms with Gasteiger partial charge in [0.1, 0.15) is 11.3 Å². The number of hydrogen-bond acceptors (Lipinski definition) is 7. The van der Waals surface area contributed by atoms with Crippen molar-refractivity contribution in [3.8, 4) is 17.3 Å². The van der Waals surface area contributed by atoms with E-state index in [0.29, 0.717) is 5.56 Å². The molecule has 1 aliphatic heterocycles. The molecule has 2 N–H and O–H groups in total. The third kappa shape index (κ3) is 4.77. The zero-order chi connectivity index (χ0) is 19.2. The van der Waals surface area contributed by atoms with Gasteiger partial charge in [0.15, 0.2) is 5.17 Å². The van der Waals surface area contributed by atoms with Crippen molar-refractivity contribution in [2.24, 2.45) is 10.2 Å². The zero-order valence-corrected chi connectivity index (χ0v) is 14.7. The number of aliphatic carboxylic acids is 1. The van der Waals surface area contributed by atoms with Crippen LogP contribution in [0.3, 0.4) is 0 Å². The molecule has 1 saturated heterocycles. The number of carbonyl (C=O) groups is 2. The molecule has 1 atom stereocenters. The van der Waals surface area contributed by atoms with Crippen molar-refractivity contribution in [2.75, 3.05) is 0 Å². The number of carboxylic acid groups (broad SMARTS) is 1. The van der Waals surface area contributed by atoms with E-state index in [1.54, 1.807) is 12.1 Å². The van der Waals surface area contributed by atoms with Crippen LogP contribution in [0, 0.1) is 11.3 Å². The Morgan fingerprint density at radius 1 is 1.33 bits per heavy atom. The highest BCUT2D eigenvalue weighted by Crippen LogP contribution is 2.22. The SMILES string of the molecule is N#Cc1ccc(-c2ccc(C=NN=C3NC(=O)C(CC(=O)O)S3)cc2)nc1. The fourth-order valence-corrected chi connectivity index (χ4v) is 3.18. The predicted molar refractivity (Wildman–Crippen MR) is 101 cm³/mol. The van der Waals surface area contributed by atoms with Gasteiger partial charge in [0.05, 0.1) is 23.9 Å².